The maximum absolute atomic E-state index is 13.3. The average Bonchev–Trinajstić information content (AvgIpc) is 3.22. The molecule has 1 aliphatic carbocycles. The number of benzene rings is 1. The van der Waals surface area contributed by atoms with E-state index in [0.29, 0.717) is 42.9 Å². The van der Waals surface area contributed by atoms with Crippen LogP contribution in [0, 0.1) is 12.8 Å². The SMILES string of the molecule is Cc1cc2c(cc1S(=O)(=O)N1CCC(C(=O)NC3CCCC3)CC1)OC(C)C(=O)N2. The predicted molar refractivity (Wildman–Crippen MR) is 112 cm³/mol. The van der Waals surface area contributed by atoms with Gasteiger partial charge in [0, 0.05) is 31.1 Å². The number of ether oxygens (including phenoxy) is 1. The van der Waals surface area contributed by atoms with Crippen LogP contribution in [0.15, 0.2) is 17.0 Å². The highest BCUT2D eigenvalue weighted by atomic mass is 32.2. The summed E-state index contributed by atoms with van der Waals surface area (Å²) in [4.78, 5) is 24.5. The molecule has 1 saturated heterocycles. The highest BCUT2D eigenvalue weighted by Gasteiger charge is 2.35. The van der Waals surface area contributed by atoms with Crippen molar-refractivity contribution in [1.82, 2.24) is 9.62 Å². The lowest BCUT2D eigenvalue weighted by atomic mass is 9.97. The molecule has 1 saturated carbocycles. The summed E-state index contributed by atoms with van der Waals surface area (Å²) in [5.41, 5.74) is 1.03. The Labute approximate surface area is 177 Å². The largest absolute Gasteiger partial charge is 0.479 e. The van der Waals surface area contributed by atoms with Crippen LogP contribution in [0.4, 0.5) is 5.69 Å². The van der Waals surface area contributed by atoms with Crippen molar-refractivity contribution >= 4 is 27.5 Å². The number of aryl methyl sites for hydroxylation is 1. The van der Waals surface area contributed by atoms with Gasteiger partial charge in [0.15, 0.2) is 6.10 Å². The molecule has 0 spiro atoms. The summed E-state index contributed by atoms with van der Waals surface area (Å²) < 4.78 is 33.6. The molecule has 30 heavy (non-hydrogen) atoms. The van der Waals surface area contributed by atoms with Crippen LogP contribution in [0.25, 0.3) is 0 Å². The van der Waals surface area contributed by atoms with Gasteiger partial charge in [-0.1, -0.05) is 12.8 Å². The van der Waals surface area contributed by atoms with Crippen LogP contribution >= 0.6 is 0 Å². The van der Waals surface area contributed by atoms with Crippen molar-refractivity contribution in [3.8, 4) is 5.75 Å². The molecule has 1 atom stereocenters. The first-order chi connectivity index (χ1) is 14.3. The van der Waals surface area contributed by atoms with Crippen molar-refractivity contribution in [3.05, 3.63) is 17.7 Å². The van der Waals surface area contributed by atoms with Gasteiger partial charge in [0.25, 0.3) is 5.91 Å². The summed E-state index contributed by atoms with van der Waals surface area (Å²) in [6.07, 6.45) is 4.76. The number of sulfonamides is 1. The van der Waals surface area contributed by atoms with E-state index in [0.717, 1.165) is 25.7 Å². The number of carbonyl (C=O) groups is 2. The Morgan fingerprint density at radius 1 is 1.17 bits per heavy atom. The lowest BCUT2D eigenvalue weighted by molar-refractivity contribution is -0.126. The van der Waals surface area contributed by atoms with Crippen molar-refractivity contribution < 1.29 is 22.7 Å². The summed E-state index contributed by atoms with van der Waals surface area (Å²) in [5, 5.41) is 5.87. The quantitative estimate of drug-likeness (QED) is 0.754. The normalized spacial score (nSPS) is 23.5. The smallest absolute Gasteiger partial charge is 0.265 e. The summed E-state index contributed by atoms with van der Waals surface area (Å²) in [6, 6.07) is 3.41. The third-order valence-corrected chi connectivity index (χ3v) is 8.39. The number of piperidine rings is 1. The van der Waals surface area contributed by atoms with Crippen LogP contribution in [0.3, 0.4) is 0 Å². The maximum atomic E-state index is 13.3. The Morgan fingerprint density at radius 2 is 1.83 bits per heavy atom. The number of nitrogens with zero attached hydrogens (tertiary/aromatic N) is 1. The molecule has 2 aliphatic heterocycles. The first kappa shape index (κ1) is 21.1. The number of carbonyl (C=O) groups excluding carboxylic acids is 2. The van der Waals surface area contributed by atoms with Crippen LogP contribution in [-0.4, -0.2) is 49.8 Å². The van der Waals surface area contributed by atoms with E-state index in [1.54, 1.807) is 19.9 Å². The standard InChI is InChI=1S/C21H29N3O5S/c1-13-11-17-18(29-14(2)20(25)23-17)12-19(13)30(27,28)24-9-7-15(8-10-24)21(26)22-16-5-3-4-6-16/h11-12,14-16H,3-10H2,1-2H3,(H,22,26)(H,23,25). The number of hydrogen-bond donors (Lipinski definition) is 2. The van der Waals surface area contributed by atoms with E-state index in [1.807, 2.05) is 0 Å². The van der Waals surface area contributed by atoms with Gasteiger partial charge in [0.2, 0.25) is 15.9 Å². The molecule has 0 bridgehead atoms. The summed E-state index contributed by atoms with van der Waals surface area (Å²) in [7, 11) is -3.72. The Hall–Kier alpha value is -2.13. The van der Waals surface area contributed by atoms with E-state index < -0.39 is 16.1 Å². The third-order valence-electron chi connectivity index (χ3n) is 6.35. The minimum Gasteiger partial charge on any atom is -0.479 e. The number of fused-ring (bicyclic) bond motifs is 1. The lowest BCUT2D eigenvalue weighted by Crippen LogP contribution is -2.45. The van der Waals surface area contributed by atoms with E-state index >= 15 is 0 Å². The van der Waals surface area contributed by atoms with E-state index in [1.165, 1.54) is 10.4 Å². The lowest BCUT2D eigenvalue weighted by Gasteiger charge is -2.32. The van der Waals surface area contributed by atoms with Gasteiger partial charge in [-0.05, 0) is 51.2 Å². The minimum atomic E-state index is -3.72. The Bertz CT molecular complexity index is 948. The zero-order valence-corrected chi connectivity index (χ0v) is 18.3. The Morgan fingerprint density at radius 3 is 2.50 bits per heavy atom. The predicted octanol–water partition coefficient (Wildman–Crippen LogP) is 2.17. The molecule has 0 aromatic heterocycles. The fourth-order valence-electron chi connectivity index (χ4n) is 4.51. The number of anilines is 1. The number of nitrogens with one attached hydrogen (secondary N) is 2. The topological polar surface area (TPSA) is 105 Å². The molecular weight excluding hydrogens is 406 g/mol. The summed E-state index contributed by atoms with van der Waals surface area (Å²) in [6.45, 7) is 3.96. The zero-order chi connectivity index (χ0) is 21.5. The molecule has 1 aromatic carbocycles. The van der Waals surface area contributed by atoms with Crippen molar-refractivity contribution in [1.29, 1.82) is 0 Å². The molecular formula is C21H29N3O5S. The van der Waals surface area contributed by atoms with Crippen molar-refractivity contribution in [2.75, 3.05) is 18.4 Å². The molecule has 1 unspecified atom stereocenters. The number of hydrogen-bond acceptors (Lipinski definition) is 5. The summed E-state index contributed by atoms with van der Waals surface area (Å²) in [5.74, 6) is 0.0238. The fourth-order valence-corrected chi connectivity index (χ4v) is 6.20. The van der Waals surface area contributed by atoms with Crippen LogP contribution in [0.5, 0.6) is 5.75 Å². The molecule has 164 valence electrons. The van der Waals surface area contributed by atoms with Gasteiger partial charge in [-0.15, -0.1) is 0 Å². The van der Waals surface area contributed by atoms with Gasteiger partial charge in [0.1, 0.15) is 5.75 Å². The van der Waals surface area contributed by atoms with E-state index in [2.05, 4.69) is 10.6 Å². The maximum Gasteiger partial charge on any atom is 0.265 e. The highest BCUT2D eigenvalue weighted by molar-refractivity contribution is 7.89. The van der Waals surface area contributed by atoms with Gasteiger partial charge in [-0.2, -0.15) is 4.31 Å². The molecule has 1 aromatic rings. The van der Waals surface area contributed by atoms with Gasteiger partial charge >= 0.3 is 0 Å². The Kier molecular flexibility index (Phi) is 5.76. The van der Waals surface area contributed by atoms with E-state index in [9.17, 15) is 18.0 Å². The van der Waals surface area contributed by atoms with Crippen molar-refractivity contribution in [3.63, 3.8) is 0 Å². The zero-order valence-electron chi connectivity index (χ0n) is 17.4. The van der Waals surface area contributed by atoms with Crippen LogP contribution in [0.2, 0.25) is 0 Å². The van der Waals surface area contributed by atoms with Gasteiger partial charge < -0.3 is 15.4 Å². The fraction of sp³-hybridized carbons (Fsp3) is 0.619. The molecule has 3 aliphatic rings. The monoisotopic (exact) mass is 435 g/mol. The molecule has 8 nitrogen and oxygen atoms in total. The number of amides is 2. The first-order valence-corrected chi connectivity index (χ1v) is 12.1. The second kappa shape index (κ2) is 8.19. The van der Waals surface area contributed by atoms with Gasteiger partial charge in [-0.3, -0.25) is 9.59 Å². The second-order valence-corrected chi connectivity index (χ2v) is 10.4. The third kappa shape index (κ3) is 4.05. The Balaban J connectivity index is 1.45. The highest BCUT2D eigenvalue weighted by Crippen LogP contribution is 2.36. The number of rotatable bonds is 4. The molecule has 2 amide bonds. The molecule has 4 rings (SSSR count). The van der Waals surface area contributed by atoms with E-state index in [-0.39, 0.29) is 28.7 Å². The molecule has 2 heterocycles. The van der Waals surface area contributed by atoms with Crippen LogP contribution < -0.4 is 15.4 Å². The average molecular weight is 436 g/mol. The molecule has 2 fully saturated rings. The summed E-state index contributed by atoms with van der Waals surface area (Å²) >= 11 is 0. The van der Waals surface area contributed by atoms with E-state index in [4.69, 9.17) is 4.74 Å². The minimum absolute atomic E-state index is 0.0574. The van der Waals surface area contributed by atoms with Crippen LogP contribution in [-0.2, 0) is 19.6 Å². The van der Waals surface area contributed by atoms with Gasteiger partial charge in [0.05, 0.1) is 10.6 Å². The van der Waals surface area contributed by atoms with Crippen molar-refractivity contribution in [2.24, 2.45) is 5.92 Å². The van der Waals surface area contributed by atoms with Crippen LogP contribution in [0.1, 0.15) is 51.0 Å². The molecule has 9 heteroatoms. The second-order valence-electron chi connectivity index (χ2n) is 8.53. The van der Waals surface area contributed by atoms with Gasteiger partial charge in [-0.25, -0.2) is 8.42 Å². The van der Waals surface area contributed by atoms with Crippen molar-refractivity contribution in [2.45, 2.75) is 69.4 Å². The molecule has 2 N–H and O–H groups in total. The first-order valence-electron chi connectivity index (χ1n) is 10.7. The molecule has 0 radical (unpaired) electrons.